The van der Waals surface area contributed by atoms with Crippen LogP contribution >= 0.6 is 0 Å². The van der Waals surface area contributed by atoms with Gasteiger partial charge >= 0.3 is 0 Å². The molecule has 1 saturated heterocycles. The highest BCUT2D eigenvalue weighted by molar-refractivity contribution is 5.94. The molecular formula is C14H21N3O4. The third-order valence-electron chi connectivity index (χ3n) is 3.51. The molecule has 2 heterocycles. The molecule has 0 spiro atoms. The Morgan fingerprint density at radius 3 is 2.86 bits per heavy atom. The van der Waals surface area contributed by atoms with E-state index in [9.17, 15) is 9.59 Å². The molecule has 0 radical (unpaired) electrons. The molecule has 2 N–H and O–H groups in total. The summed E-state index contributed by atoms with van der Waals surface area (Å²) in [6.07, 6.45) is 3.48. The number of aryl methyl sites for hydroxylation is 1. The zero-order valence-electron chi connectivity index (χ0n) is 12.4. The van der Waals surface area contributed by atoms with Gasteiger partial charge in [0, 0.05) is 13.0 Å². The zero-order valence-corrected chi connectivity index (χ0v) is 12.4. The van der Waals surface area contributed by atoms with Gasteiger partial charge in [-0.1, -0.05) is 13.8 Å². The standard InChI is InChI=1S/C14H21N3O4/c1-3-9-10(4-2)15-16-13(18)12(9)14(19)17-21-11-7-5-6-8-20-11/h11H,3-8H2,1-2H3,(H,16,18)(H,17,19)/t11-/m0/s1. The summed E-state index contributed by atoms with van der Waals surface area (Å²) in [7, 11) is 0. The molecule has 0 bridgehead atoms. The quantitative estimate of drug-likeness (QED) is 0.793. The fourth-order valence-electron chi connectivity index (χ4n) is 2.41. The molecule has 0 aliphatic carbocycles. The van der Waals surface area contributed by atoms with Crippen molar-refractivity contribution in [1.29, 1.82) is 0 Å². The number of carbonyl (C=O) groups is 1. The number of aromatic nitrogens is 2. The summed E-state index contributed by atoms with van der Waals surface area (Å²) >= 11 is 0. The van der Waals surface area contributed by atoms with Crippen molar-refractivity contribution in [2.45, 2.75) is 52.2 Å². The van der Waals surface area contributed by atoms with E-state index in [0.717, 1.165) is 25.0 Å². The van der Waals surface area contributed by atoms with Crippen LogP contribution in [0.3, 0.4) is 0 Å². The Balaban J connectivity index is 2.12. The molecule has 2 rings (SSSR count). The van der Waals surface area contributed by atoms with Crippen LogP contribution in [0.1, 0.15) is 54.7 Å². The van der Waals surface area contributed by atoms with Crippen molar-refractivity contribution >= 4 is 5.91 Å². The monoisotopic (exact) mass is 295 g/mol. The first-order chi connectivity index (χ1) is 10.2. The van der Waals surface area contributed by atoms with Crippen LogP contribution in [0.2, 0.25) is 0 Å². The van der Waals surface area contributed by atoms with Gasteiger partial charge in [0.15, 0.2) is 6.29 Å². The van der Waals surface area contributed by atoms with Gasteiger partial charge in [-0.15, -0.1) is 0 Å². The van der Waals surface area contributed by atoms with Crippen LogP contribution in [0.25, 0.3) is 0 Å². The third-order valence-corrected chi connectivity index (χ3v) is 3.51. The van der Waals surface area contributed by atoms with Gasteiger partial charge in [0.25, 0.3) is 11.5 Å². The van der Waals surface area contributed by atoms with E-state index in [-0.39, 0.29) is 5.56 Å². The first kappa shape index (κ1) is 15.7. The van der Waals surface area contributed by atoms with Crippen molar-refractivity contribution in [3.8, 4) is 0 Å². The van der Waals surface area contributed by atoms with Crippen molar-refractivity contribution in [1.82, 2.24) is 15.7 Å². The van der Waals surface area contributed by atoms with Gasteiger partial charge in [-0.05, 0) is 31.2 Å². The number of hydroxylamine groups is 1. The van der Waals surface area contributed by atoms with Crippen LogP contribution in [0, 0.1) is 0 Å². The average molecular weight is 295 g/mol. The maximum Gasteiger partial charge on any atom is 0.280 e. The number of nitrogens with one attached hydrogen (secondary N) is 2. The van der Waals surface area contributed by atoms with Crippen LogP contribution in [-0.2, 0) is 22.4 Å². The summed E-state index contributed by atoms with van der Waals surface area (Å²) in [4.78, 5) is 29.3. The molecule has 1 amide bonds. The van der Waals surface area contributed by atoms with E-state index in [2.05, 4.69) is 15.7 Å². The Kier molecular flexibility index (Phi) is 5.46. The molecular weight excluding hydrogens is 274 g/mol. The van der Waals surface area contributed by atoms with Gasteiger partial charge in [-0.3, -0.25) is 9.59 Å². The van der Waals surface area contributed by atoms with Crippen molar-refractivity contribution in [3.63, 3.8) is 0 Å². The van der Waals surface area contributed by atoms with Crippen LogP contribution in [-0.4, -0.2) is 29.0 Å². The predicted molar refractivity (Wildman–Crippen MR) is 75.8 cm³/mol. The minimum atomic E-state index is -0.556. The molecule has 1 aromatic rings. The Bertz CT molecular complexity index is 550. The number of hydrogen-bond acceptors (Lipinski definition) is 5. The fourth-order valence-corrected chi connectivity index (χ4v) is 2.41. The Morgan fingerprint density at radius 2 is 2.24 bits per heavy atom. The van der Waals surface area contributed by atoms with Crippen LogP contribution < -0.4 is 11.0 Å². The molecule has 21 heavy (non-hydrogen) atoms. The number of hydrogen-bond donors (Lipinski definition) is 2. The lowest BCUT2D eigenvalue weighted by atomic mass is 10.0. The maximum atomic E-state index is 12.2. The molecule has 0 saturated carbocycles. The lowest BCUT2D eigenvalue weighted by Gasteiger charge is -2.22. The minimum Gasteiger partial charge on any atom is -0.350 e. The van der Waals surface area contributed by atoms with E-state index < -0.39 is 17.8 Å². The minimum absolute atomic E-state index is 0.0696. The van der Waals surface area contributed by atoms with E-state index in [1.165, 1.54) is 0 Å². The molecule has 7 nitrogen and oxygen atoms in total. The SMILES string of the molecule is CCc1n[nH]c(=O)c(C(=O)NO[C@H]2CCCCO2)c1CC. The topological polar surface area (TPSA) is 93.3 Å². The predicted octanol–water partition coefficient (Wildman–Crippen LogP) is 1.08. The molecule has 7 heteroatoms. The number of rotatable bonds is 5. The van der Waals surface area contributed by atoms with E-state index in [1.807, 2.05) is 13.8 Å². The normalized spacial score (nSPS) is 18.5. The molecule has 0 aromatic carbocycles. The average Bonchev–Trinajstić information content (AvgIpc) is 2.53. The van der Waals surface area contributed by atoms with Crippen LogP contribution in [0.5, 0.6) is 0 Å². The fraction of sp³-hybridized carbons (Fsp3) is 0.643. The van der Waals surface area contributed by atoms with Gasteiger partial charge < -0.3 is 4.74 Å². The number of aromatic amines is 1. The molecule has 1 aliphatic rings. The van der Waals surface area contributed by atoms with Crippen molar-refractivity contribution < 1.29 is 14.4 Å². The zero-order chi connectivity index (χ0) is 15.2. The first-order valence-corrected chi connectivity index (χ1v) is 7.35. The summed E-state index contributed by atoms with van der Waals surface area (Å²) in [6.45, 7) is 4.43. The summed E-state index contributed by atoms with van der Waals surface area (Å²) in [6, 6.07) is 0. The largest absolute Gasteiger partial charge is 0.350 e. The number of carbonyl (C=O) groups excluding carboxylic acids is 1. The number of ether oxygens (including phenoxy) is 1. The second kappa shape index (κ2) is 7.33. The molecule has 1 aliphatic heterocycles. The summed E-state index contributed by atoms with van der Waals surface area (Å²) < 4.78 is 5.36. The lowest BCUT2D eigenvalue weighted by Crippen LogP contribution is -2.37. The van der Waals surface area contributed by atoms with Gasteiger partial charge in [0.2, 0.25) is 0 Å². The van der Waals surface area contributed by atoms with Crippen LogP contribution in [0.15, 0.2) is 4.79 Å². The number of amides is 1. The van der Waals surface area contributed by atoms with E-state index >= 15 is 0 Å². The van der Waals surface area contributed by atoms with Crippen molar-refractivity contribution in [2.75, 3.05) is 6.61 Å². The highest BCUT2D eigenvalue weighted by Crippen LogP contribution is 2.13. The van der Waals surface area contributed by atoms with Gasteiger partial charge in [-0.2, -0.15) is 5.10 Å². The smallest absolute Gasteiger partial charge is 0.280 e. The Labute approximate surface area is 123 Å². The lowest BCUT2D eigenvalue weighted by molar-refractivity contribution is -0.186. The molecule has 0 unspecified atom stereocenters. The molecule has 1 aromatic heterocycles. The van der Waals surface area contributed by atoms with Gasteiger partial charge in [0.05, 0.1) is 5.69 Å². The Morgan fingerprint density at radius 1 is 1.43 bits per heavy atom. The van der Waals surface area contributed by atoms with Crippen LogP contribution in [0.4, 0.5) is 0 Å². The van der Waals surface area contributed by atoms with Gasteiger partial charge in [-0.25, -0.2) is 15.4 Å². The van der Waals surface area contributed by atoms with Crippen molar-refractivity contribution in [2.24, 2.45) is 0 Å². The van der Waals surface area contributed by atoms with E-state index in [1.54, 1.807) is 0 Å². The summed E-state index contributed by atoms with van der Waals surface area (Å²) in [5, 5.41) is 6.34. The van der Waals surface area contributed by atoms with Gasteiger partial charge in [0.1, 0.15) is 5.56 Å². The van der Waals surface area contributed by atoms with E-state index in [0.29, 0.717) is 25.0 Å². The summed E-state index contributed by atoms with van der Waals surface area (Å²) in [5.74, 6) is -0.556. The molecule has 1 atom stereocenters. The molecule has 116 valence electrons. The van der Waals surface area contributed by atoms with E-state index in [4.69, 9.17) is 9.57 Å². The third kappa shape index (κ3) is 3.68. The van der Waals surface area contributed by atoms with Crippen molar-refractivity contribution in [3.05, 3.63) is 27.2 Å². The number of H-pyrrole nitrogens is 1. The Hall–Kier alpha value is -1.73. The summed E-state index contributed by atoms with van der Waals surface area (Å²) in [5.41, 5.74) is 3.27. The second-order valence-electron chi connectivity index (χ2n) is 4.91. The molecule has 1 fully saturated rings. The number of nitrogens with zero attached hydrogens (tertiary/aromatic N) is 1. The maximum absolute atomic E-state index is 12.2. The highest BCUT2D eigenvalue weighted by Gasteiger charge is 2.21. The second-order valence-corrected chi connectivity index (χ2v) is 4.91. The highest BCUT2D eigenvalue weighted by atomic mass is 16.8. The first-order valence-electron chi connectivity index (χ1n) is 7.35.